The largest absolute Gasteiger partial charge is 0.456 e. The number of hydrogen-bond donors (Lipinski definition) is 1. The van der Waals surface area contributed by atoms with Gasteiger partial charge < -0.3 is 14.8 Å². The van der Waals surface area contributed by atoms with Crippen molar-refractivity contribution in [3.63, 3.8) is 0 Å². The Morgan fingerprint density at radius 3 is 2.33 bits per heavy atom. The first-order chi connectivity index (χ1) is 10.9. The molecule has 0 bridgehead atoms. The molecule has 0 heterocycles. The first-order valence-corrected chi connectivity index (χ1v) is 8.01. The summed E-state index contributed by atoms with van der Waals surface area (Å²) in [6, 6.07) is 1.48. The summed E-state index contributed by atoms with van der Waals surface area (Å²) in [5.74, 6) is -1.40. The number of alkyl carbamates (subject to hydrolysis) is 1. The minimum atomic E-state index is -0.964. The maximum absolute atomic E-state index is 13.5. The second kappa shape index (κ2) is 8.03. The summed E-state index contributed by atoms with van der Waals surface area (Å²) in [5, 5.41) is 2.32. The summed E-state index contributed by atoms with van der Waals surface area (Å²) in [4.78, 5) is 23.7. The molecule has 0 saturated heterocycles. The van der Waals surface area contributed by atoms with Gasteiger partial charge in [0.05, 0.1) is 5.02 Å². The van der Waals surface area contributed by atoms with Crippen molar-refractivity contribution in [1.29, 1.82) is 0 Å². The molecule has 0 fully saturated rings. The highest BCUT2D eigenvalue weighted by Gasteiger charge is 2.25. The highest BCUT2D eigenvalue weighted by Crippen LogP contribution is 2.34. The van der Waals surface area contributed by atoms with E-state index < -0.39 is 35.6 Å². The maximum atomic E-state index is 13.5. The van der Waals surface area contributed by atoms with Crippen LogP contribution in [0.3, 0.4) is 0 Å². The molecule has 1 rings (SSSR count). The molecular formula is C16H20Cl2FNO4. The van der Waals surface area contributed by atoms with Crippen molar-refractivity contribution in [2.45, 2.75) is 52.4 Å². The predicted octanol–water partition coefficient (Wildman–Crippen LogP) is 4.65. The van der Waals surface area contributed by atoms with E-state index in [0.717, 1.165) is 6.07 Å². The van der Waals surface area contributed by atoms with Crippen molar-refractivity contribution in [3.05, 3.63) is 33.6 Å². The van der Waals surface area contributed by atoms with E-state index in [1.54, 1.807) is 20.8 Å². The third kappa shape index (κ3) is 5.83. The van der Waals surface area contributed by atoms with Crippen molar-refractivity contribution in [3.8, 4) is 0 Å². The van der Waals surface area contributed by atoms with Crippen LogP contribution in [-0.4, -0.2) is 23.7 Å². The van der Waals surface area contributed by atoms with E-state index in [2.05, 4.69) is 5.32 Å². The lowest BCUT2D eigenvalue weighted by molar-refractivity contribution is -0.150. The predicted molar refractivity (Wildman–Crippen MR) is 89.8 cm³/mol. The van der Waals surface area contributed by atoms with E-state index in [9.17, 15) is 14.0 Å². The quantitative estimate of drug-likeness (QED) is 0.610. The third-order valence-corrected chi connectivity index (χ3v) is 3.58. The van der Waals surface area contributed by atoms with Crippen LogP contribution < -0.4 is 5.32 Å². The topological polar surface area (TPSA) is 64.6 Å². The maximum Gasteiger partial charge on any atom is 0.408 e. The number of hydrogen-bond acceptors (Lipinski definition) is 4. The zero-order valence-electron chi connectivity index (χ0n) is 14.1. The van der Waals surface area contributed by atoms with Crippen molar-refractivity contribution in [2.75, 3.05) is 0 Å². The number of carbonyl (C=O) groups is 2. The fourth-order valence-corrected chi connectivity index (χ4v) is 2.47. The Bertz CT molecular complexity index is 631. The summed E-state index contributed by atoms with van der Waals surface area (Å²) in [6.45, 7) is 8.04. The number of rotatable bonds is 4. The van der Waals surface area contributed by atoms with Gasteiger partial charge in [0.2, 0.25) is 0 Å². The van der Waals surface area contributed by atoms with Crippen LogP contribution in [0.1, 0.15) is 46.3 Å². The van der Waals surface area contributed by atoms with Gasteiger partial charge in [-0.15, -0.1) is 0 Å². The fourth-order valence-electron chi connectivity index (χ4n) is 1.79. The second-order valence-electron chi connectivity index (χ2n) is 6.20. The van der Waals surface area contributed by atoms with Crippen molar-refractivity contribution >= 4 is 35.3 Å². The number of amides is 1. The highest BCUT2D eigenvalue weighted by atomic mass is 35.5. The summed E-state index contributed by atoms with van der Waals surface area (Å²) in [7, 11) is 0. The molecule has 1 aromatic rings. The third-order valence-electron chi connectivity index (χ3n) is 2.87. The molecule has 1 aromatic carbocycles. The van der Waals surface area contributed by atoms with Crippen LogP contribution in [0, 0.1) is 5.82 Å². The van der Waals surface area contributed by atoms with Crippen LogP contribution in [0.5, 0.6) is 0 Å². The van der Waals surface area contributed by atoms with E-state index in [4.69, 9.17) is 32.7 Å². The molecule has 0 aliphatic carbocycles. The summed E-state index contributed by atoms with van der Waals surface area (Å²) in [5.41, 5.74) is -0.528. The molecule has 0 aliphatic rings. The molecule has 1 amide bonds. The number of benzene rings is 1. The SMILES string of the molecule is CC(NC(=O)OC(C)(C)C)C(=O)OC(C)c1c(Cl)ccc(F)c1Cl. The van der Waals surface area contributed by atoms with Crippen LogP contribution in [0.4, 0.5) is 9.18 Å². The minimum Gasteiger partial charge on any atom is -0.456 e. The van der Waals surface area contributed by atoms with E-state index in [0.29, 0.717) is 0 Å². The highest BCUT2D eigenvalue weighted by molar-refractivity contribution is 6.36. The number of esters is 1. The molecule has 8 heteroatoms. The Labute approximate surface area is 150 Å². The molecule has 5 nitrogen and oxygen atoms in total. The van der Waals surface area contributed by atoms with Gasteiger partial charge in [0.1, 0.15) is 23.6 Å². The fraction of sp³-hybridized carbons (Fsp3) is 0.500. The van der Waals surface area contributed by atoms with Crippen molar-refractivity contribution in [2.24, 2.45) is 0 Å². The molecule has 24 heavy (non-hydrogen) atoms. The summed E-state index contributed by atoms with van der Waals surface area (Å²) < 4.78 is 23.8. The van der Waals surface area contributed by atoms with Gasteiger partial charge in [-0.2, -0.15) is 0 Å². The number of halogens is 3. The smallest absolute Gasteiger partial charge is 0.408 e. The van der Waals surface area contributed by atoms with Gasteiger partial charge in [-0.3, -0.25) is 0 Å². The van der Waals surface area contributed by atoms with E-state index in [1.165, 1.54) is 19.9 Å². The molecule has 0 spiro atoms. The molecule has 2 unspecified atom stereocenters. The average molecular weight is 380 g/mol. The molecule has 0 radical (unpaired) electrons. The summed E-state index contributed by atoms with van der Waals surface area (Å²) in [6.07, 6.45) is -1.64. The van der Waals surface area contributed by atoms with E-state index in [-0.39, 0.29) is 15.6 Å². The van der Waals surface area contributed by atoms with Crippen LogP contribution in [0.15, 0.2) is 12.1 Å². The molecule has 1 N–H and O–H groups in total. The van der Waals surface area contributed by atoms with Gasteiger partial charge in [0.15, 0.2) is 0 Å². The lowest BCUT2D eigenvalue weighted by Crippen LogP contribution is -2.42. The lowest BCUT2D eigenvalue weighted by Gasteiger charge is -2.23. The van der Waals surface area contributed by atoms with E-state index >= 15 is 0 Å². The van der Waals surface area contributed by atoms with Crippen LogP contribution in [0.2, 0.25) is 10.0 Å². The molecule has 134 valence electrons. The van der Waals surface area contributed by atoms with Crippen LogP contribution in [0.25, 0.3) is 0 Å². The lowest BCUT2D eigenvalue weighted by atomic mass is 10.1. The first-order valence-electron chi connectivity index (χ1n) is 7.25. The van der Waals surface area contributed by atoms with Gasteiger partial charge >= 0.3 is 12.1 Å². The van der Waals surface area contributed by atoms with Gasteiger partial charge in [0.25, 0.3) is 0 Å². The zero-order chi connectivity index (χ0) is 18.7. The minimum absolute atomic E-state index is 0.163. The molecular weight excluding hydrogens is 360 g/mol. The van der Waals surface area contributed by atoms with Crippen LogP contribution >= 0.6 is 23.2 Å². The van der Waals surface area contributed by atoms with Crippen molar-refractivity contribution in [1.82, 2.24) is 5.32 Å². The second-order valence-corrected chi connectivity index (χ2v) is 6.99. The van der Waals surface area contributed by atoms with Crippen molar-refractivity contribution < 1.29 is 23.5 Å². The Balaban J connectivity index is 2.74. The average Bonchev–Trinajstić information content (AvgIpc) is 2.41. The summed E-state index contributed by atoms with van der Waals surface area (Å²) >= 11 is 11.9. The number of carbonyl (C=O) groups excluding carboxylic acids is 2. The Morgan fingerprint density at radius 1 is 1.21 bits per heavy atom. The standard InChI is InChI=1S/C16H20Cl2FNO4/c1-8(20-15(22)24-16(3,4)5)14(21)23-9(2)12-10(17)6-7-11(19)13(12)18/h6-9H,1-5H3,(H,20,22). The number of ether oxygens (including phenoxy) is 2. The Morgan fingerprint density at radius 2 is 1.79 bits per heavy atom. The normalized spacial score (nSPS) is 13.8. The van der Waals surface area contributed by atoms with Gasteiger partial charge in [-0.05, 0) is 46.8 Å². The van der Waals surface area contributed by atoms with Crippen LogP contribution in [-0.2, 0) is 14.3 Å². The molecule has 2 atom stereocenters. The molecule has 0 aliphatic heterocycles. The molecule has 0 aromatic heterocycles. The Kier molecular flexibility index (Phi) is 6.86. The van der Waals surface area contributed by atoms with Gasteiger partial charge in [0, 0.05) is 10.6 Å². The Hall–Kier alpha value is -1.53. The van der Waals surface area contributed by atoms with E-state index in [1.807, 2.05) is 0 Å². The van der Waals surface area contributed by atoms with Gasteiger partial charge in [-0.25, -0.2) is 14.0 Å². The molecule has 0 saturated carbocycles. The van der Waals surface area contributed by atoms with Gasteiger partial charge in [-0.1, -0.05) is 23.2 Å². The monoisotopic (exact) mass is 379 g/mol. The first kappa shape index (κ1) is 20.5. The zero-order valence-corrected chi connectivity index (χ0v) is 15.6. The number of nitrogens with one attached hydrogen (secondary N) is 1.